The van der Waals surface area contributed by atoms with Gasteiger partial charge in [0.15, 0.2) is 0 Å². The van der Waals surface area contributed by atoms with E-state index in [1.165, 1.54) is 135 Å². The summed E-state index contributed by atoms with van der Waals surface area (Å²) in [6.07, 6.45) is 32.3. The van der Waals surface area contributed by atoms with Crippen LogP contribution in [0.25, 0.3) is 0 Å². The largest absolute Gasteiger partial charge is 0.393 e. The number of unbranched alkanes of at least 4 members (excludes halogenated alkanes) is 21. The van der Waals surface area contributed by atoms with E-state index in [1.54, 1.807) is 0 Å². The van der Waals surface area contributed by atoms with Gasteiger partial charge in [-0.1, -0.05) is 148 Å². The molecular formula is C27H54O2. The molecule has 29 heavy (non-hydrogen) atoms. The highest BCUT2D eigenvalue weighted by molar-refractivity contribution is 5.49. The Morgan fingerprint density at radius 2 is 0.793 bits per heavy atom. The lowest BCUT2D eigenvalue weighted by Gasteiger charge is -2.06. The summed E-state index contributed by atoms with van der Waals surface area (Å²) in [5.41, 5.74) is 0. The Balaban J connectivity index is 3.02. The van der Waals surface area contributed by atoms with Gasteiger partial charge in [0.1, 0.15) is 6.29 Å². The van der Waals surface area contributed by atoms with Crippen molar-refractivity contribution in [2.75, 3.05) is 0 Å². The van der Waals surface area contributed by atoms with Crippen molar-refractivity contribution in [1.29, 1.82) is 0 Å². The zero-order valence-corrected chi connectivity index (χ0v) is 20.0. The van der Waals surface area contributed by atoms with E-state index in [9.17, 15) is 9.90 Å². The van der Waals surface area contributed by atoms with E-state index in [2.05, 4.69) is 6.92 Å². The van der Waals surface area contributed by atoms with Gasteiger partial charge in [-0.25, -0.2) is 0 Å². The second-order valence-corrected chi connectivity index (χ2v) is 9.27. The van der Waals surface area contributed by atoms with Crippen molar-refractivity contribution in [2.45, 2.75) is 167 Å². The van der Waals surface area contributed by atoms with Crippen LogP contribution >= 0.6 is 0 Å². The second-order valence-electron chi connectivity index (χ2n) is 9.27. The SMILES string of the molecule is CCCCCCCCCCCCCCCCCCCCCCCCC(O)CC=O. The maximum absolute atomic E-state index is 10.3. The fraction of sp³-hybridized carbons (Fsp3) is 0.963. The second kappa shape index (κ2) is 25.7. The zero-order valence-electron chi connectivity index (χ0n) is 20.0. The normalized spacial score (nSPS) is 12.3. The number of rotatable bonds is 25. The number of aldehydes is 1. The fourth-order valence-corrected chi connectivity index (χ4v) is 4.22. The number of carbonyl (C=O) groups excluding carboxylic acids is 1. The van der Waals surface area contributed by atoms with Gasteiger partial charge in [0.05, 0.1) is 6.10 Å². The van der Waals surface area contributed by atoms with E-state index in [0.29, 0.717) is 6.42 Å². The van der Waals surface area contributed by atoms with Crippen LogP contribution in [0.5, 0.6) is 0 Å². The van der Waals surface area contributed by atoms with Crippen molar-refractivity contribution >= 4 is 6.29 Å². The number of aliphatic hydroxyl groups excluding tert-OH is 1. The van der Waals surface area contributed by atoms with Gasteiger partial charge in [0.2, 0.25) is 0 Å². The zero-order chi connectivity index (χ0) is 21.3. The van der Waals surface area contributed by atoms with Crippen molar-refractivity contribution in [3.8, 4) is 0 Å². The predicted octanol–water partition coefficient (Wildman–Crippen LogP) is 8.93. The summed E-state index contributed by atoms with van der Waals surface area (Å²) in [6.45, 7) is 2.29. The van der Waals surface area contributed by atoms with Crippen LogP contribution in [-0.2, 0) is 4.79 Å². The van der Waals surface area contributed by atoms with Crippen LogP contribution in [-0.4, -0.2) is 17.5 Å². The van der Waals surface area contributed by atoms with Gasteiger partial charge in [-0.05, 0) is 6.42 Å². The molecule has 0 aromatic heterocycles. The summed E-state index contributed by atoms with van der Waals surface area (Å²) in [6, 6.07) is 0. The highest BCUT2D eigenvalue weighted by Crippen LogP contribution is 2.15. The lowest BCUT2D eigenvalue weighted by atomic mass is 10.0. The molecule has 0 bridgehead atoms. The molecule has 0 aliphatic rings. The minimum atomic E-state index is -0.405. The predicted molar refractivity (Wildman–Crippen MR) is 129 cm³/mol. The summed E-state index contributed by atoms with van der Waals surface area (Å²) in [7, 11) is 0. The van der Waals surface area contributed by atoms with Gasteiger partial charge >= 0.3 is 0 Å². The molecule has 1 atom stereocenters. The number of carbonyl (C=O) groups is 1. The van der Waals surface area contributed by atoms with Gasteiger partial charge in [0.25, 0.3) is 0 Å². The summed E-state index contributed by atoms with van der Waals surface area (Å²) in [5.74, 6) is 0. The number of hydrogen-bond acceptors (Lipinski definition) is 2. The molecule has 1 N–H and O–H groups in total. The van der Waals surface area contributed by atoms with Gasteiger partial charge < -0.3 is 9.90 Å². The lowest BCUT2D eigenvalue weighted by Crippen LogP contribution is -2.06. The average Bonchev–Trinajstić information content (AvgIpc) is 2.72. The molecule has 0 aromatic carbocycles. The molecule has 0 aliphatic carbocycles. The molecule has 0 saturated heterocycles. The molecule has 174 valence electrons. The summed E-state index contributed by atoms with van der Waals surface area (Å²) >= 11 is 0. The van der Waals surface area contributed by atoms with E-state index in [4.69, 9.17) is 0 Å². The first-order valence-corrected chi connectivity index (χ1v) is 13.4. The molecule has 2 heteroatoms. The van der Waals surface area contributed by atoms with Crippen molar-refractivity contribution in [1.82, 2.24) is 0 Å². The van der Waals surface area contributed by atoms with Crippen molar-refractivity contribution in [3.05, 3.63) is 0 Å². The summed E-state index contributed by atoms with van der Waals surface area (Å²) in [4.78, 5) is 10.3. The first-order chi connectivity index (χ1) is 14.3. The molecule has 0 aliphatic heterocycles. The van der Waals surface area contributed by atoms with Crippen molar-refractivity contribution in [2.24, 2.45) is 0 Å². The van der Waals surface area contributed by atoms with Crippen LogP contribution < -0.4 is 0 Å². The summed E-state index contributed by atoms with van der Waals surface area (Å²) < 4.78 is 0. The molecule has 2 nitrogen and oxygen atoms in total. The first-order valence-electron chi connectivity index (χ1n) is 13.4. The Morgan fingerprint density at radius 1 is 0.517 bits per heavy atom. The van der Waals surface area contributed by atoms with E-state index in [-0.39, 0.29) is 0 Å². The van der Waals surface area contributed by atoms with E-state index in [1.807, 2.05) is 0 Å². The van der Waals surface area contributed by atoms with Crippen LogP contribution in [0.2, 0.25) is 0 Å². The topological polar surface area (TPSA) is 37.3 Å². The van der Waals surface area contributed by atoms with E-state index < -0.39 is 6.10 Å². The van der Waals surface area contributed by atoms with E-state index >= 15 is 0 Å². The van der Waals surface area contributed by atoms with Crippen molar-refractivity contribution < 1.29 is 9.90 Å². The lowest BCUT2D eigenvalue weighted by molar-refractivity contribution is -0.109. The first kappa shape index (κ1) is 28.6. The Kier molecular flexibility index (Phi) is 25.3. The minimum Gasteiger partial charge on any atom is -0.393 e. The van der Waals surface area contributed by atoms with Crippen LogP contribution in [0.4, 0.5) is 0 Å². The molecule has 0 saturated carbocycles. The van der Waals surface area contributed by atoms with Crippen LogP contribution in [0.3, 0.4) is 0 Å². The maximum atomic E-state index is 10.3. The third-order valence-electron chi connectivity index (χ3n) is 6.26. The molecular weight excluding hydrogens is 356 g/mol. The van der Waals surface area contributed by atoms with E-state index in [0.717, 1.165) is 19.1 Å². The highest BCUT2D eigenvalue weighted by atomic mass is 16.3. The van der Waals surface area contributed by atoms with Crippen LogP contribution in [0.1, 0.15) is 161 Å². The van der Waals surface area contributed by atoms with Gasteiger partial charge in [-0.2, -0.15) is 0 Å². The van der Waals surface area contributed by atoms with Crippen molar-refractivity contribution in [3.63, 3.8) is 0 Å². The highest BCUT2D eigenvalue weighted by Gasteiger charge is 2.02. The standard InChI is InChI=1S/C27H54O2/c1-2-3-4-5-6-7-8-9-10-11-12-13-14-15-16-17-18-19-20-21-22-23-24-27(29)25-26-28/h26-27,29H,2-25H2,1H3. The molecule has 0 amide bonds. The monoisotopic (exact) mass is 410 g/mol. The molecule has 0 heterocycles. The molecule has 0 spiro atoms. The molecule has 0 rings (SSSR count). The third kappa shape index (κ3) is 25.6. The van der Waals surface area contributed by atoms with Crippen LogP contribution in [0, 0.1) is 0 Å². The fourth-order valence-electron chi connectivity index (χ4n) is 4.22. The molecule has 0 radical (unpaired) electrons. The molecule has 1 unspecified atom stereocenters. The van der Waals surface area contributed by atoms with Crippen LogP contribution in [0.15, 0.2) is 0 Å². The minimum absolute atomic E-state index is 0.305. The third-order valence-corrected chi connectivity index (χ3v) is 6.26. The maximum Gasteiger partial charge on any atom is 0.122 e. The molecule has 0 aromatic rings. The summed E-state index contributed by atoms with van der Waals surface area (Å²) in [5, 5.41) is 9.48. The van der Waals surface area contributed by atoms with Gasteiger partial charge in [-0.15, -0.1) is 0 Å². The number of aliphatic hydroxyl groups is 1. The number of hydrogen-bond donors (Lipinski definition) is 1. The molecule has 0 fully saturated rings. The Hall–Kier alpha value is -0.370. The quantitative estimate of drug-likeness (QED) is 0.120. The Morgan fingerprint density at radius 3 is 1.07 bits per heavy atom. The Bertz CT molecular complexity index is 303. The smallest absolute Gasteiger partial charge is 0.122 e. The Labute approximate surface area is 183 Å². The van der Waals surface area contributed by atoms with Gasteiger partial charge in [-0.3, -0.25) is 0 Å². The average molecular weight is 411 g/mol. The van der Waals surface area contributed by atoms with Gasteiger partial charge in [0, 0.05) is 6.42 Å².